The van der Waals surface area contributed by atoms with Crippen molar-refractivity contribution in [2.45, 2.75) is 51.7 Å². The molecule has 3 heterocycles. The molecule has 1 aliphatic carbocycles. The van der Waals surface area contributed by atoms with Crippen LogP contribution in [0.3, 0.4) is 0 Å². The van der Waals surface area contributed by atoms with Crippen LogP contribution in [0.25, 0.3) is 11.0 Å². The Bertz CT molecular complexity index is 1770. The number of pyridine rings is 1. The molecule has 2 aliphatic rings. The molecular formula is C38H49F2N5O8. The first-order valence-corrected chi connectivity index (χ1v) is 17.8. The fourth-order valence-electron chi connectivity index (χ4n) is 6.32. The molecule has 3 aromatic rings. The average Bonchev–Trinajstić information content (AvgIpc) is 3.59. The van der Waals surface area contributed by atoms with Gasteiger partial charge in [0.2, 0.25) is 0 Å². The minimum Gasteiger partial charge on any atom is -0.444 e. The van der Waals surface area contributed by atoms with E-state index in [1.54, 1.807) is 16.8 Å². The Balaban J connectivity index is 1.10. The molecule has 1 atom stereocenters. The predicted octanol–water partition coefficient (Wildman–Crippen LogP) is 4.71. The van der Waals surface area contributed by atoms with Gasteiger partial charge in [-0.25, -0.2) is 18.6 Å². The highest BCUT2D eigenvalue weighted by molar-refractivity contribution is 6.12. The quantitative estimate of drug-likeness (QED) is 0.134. The van der Waals surface area contributed by atoms with E-state index in [4.69, 9.17) is 28.7 Å². The molecule has 13 nitrogen and oxygen atoms in total. The molecule has 288 valence electrons. The number of halogens is 2. The van der Waals surface area contributed by atoms with E-state index >= 15 is 0 Å². The maximum Gasteiger partial charge on any atom is 0.410 e. The van der Waals surface area contributed by atoms with Crippen LogP contribution in [-0.2, 0) is 53.2 Å². The van der Waals surface area contributed by atoms with Gasteiger partial charge in [-0.3, -0.25) is 14.5 Å². The van der Waals surface area contributed by atoms with Gasteiger partial charge in [-0.15, -0.1) is 0 Å². The van der Waals surface area contributed by atoms with Crippen LogP contribution in [0.4, 0.5) is 25.1 Å². The summed E-state index contributed by atoms with van der Waals surface area (Å²) in [6, 6.07) is 7.60. The second kappa shape index (κ2) is 18.1. The summed E-state index contributed by atoms with van der Waals surface area (Å²) in [5.74, 6) is -2.01. The van der Waals surface area contributed by atoms with Crippen LogP contribution in [-0.4, -0.2) is 122 Å². The van der Waals surface area contributed by atoms with Crippen LogP contribution in [0.5, 0.6) is 0 Å². The Morgan fingerprint density at radius 3 is 2.13 bits per heavy atom. The van der Waals surface area contributed by atoms with Gasteiger partial charge in [0.05, 0.1) is 59.4 Å². The van der Waals surface area contributed by atoms with Crippen molar-refractivity contribution in [3.63, 3.8) is 0 Å². The lowest BCUT2D eigenvalue weighted by molar-refractivity contribution is -0.137. The summed E-state index contributed by atoms with van der Waals surface area (Å²) < 4.78 is 58.3. The summed E-state index contributed by atoms with van der Waals surface area (Å²) in [7, 11) is 3.75. The molecule has 0 spiro atoms. The molecule has 0 fully saturated rings. The first-order valence-electron chi connectivity index (χ1n) is 17.8. The number of fused-ring (bicyclic) bond motifs is 3. The highest BCUT2D eigenvalue weighted by Gasteiger charge is 2.32. The number of benzene rings is 1. The van der Waals surface area contributed by atoms with Crippen molar-refractivity contribution in [3.8, 4) is 0 Å². The van der Waals surface area contributed by atoms with Crippen molar-refractivity contribution in [1.82, 2.24) is 19.4 Å². The third-order valence-electron chi connectivity index (χ3n) is 9.07. The fourth-order valence-corrected chi connectivity index (χ4v) is 6.32. The first kappa shape index (κ1) is 39.8. The highest BCUT2D eigenvalue weighted by Crippen LogP contribution is 2.35. The van der Waals surface area contributed by atoms with Gasteiger partial charge in [0.1, 0.15) is 17.1 Å². The Labute approximate surface area is 308 Å². The standard InChI is InChI=1S/C38H49F2N5O8/c1-38(2,3)53-37(48)42(4)26-7-10-32-29(24-26)28-8-11-33(41-36(28)43(32)5)44(27-6-9-30(39)31(40)25-27)14-16-49-18-20-51-22-23-52-21-19-50-17-15-45-34(46)12-13-35(45)47/h6,8-9,11-13,25-26H,7,10,14-24H2,1-5H3/t26-/m1/s1. The van der Waals surface area contributed by atoms with Crippen LogP contribution >= 0.6 is 0 Å². The highest BCUT2D eigenvalue weighted by atomic mass is 19.2. The van der Waals surface area contributed by atoms with Gasteiger partial charge in [0.25, 0.3) is 11.8 Å². The number of aryl methyl sites for hydroxylation is 1. The lowest BCUT2D eigenvalue weighted by Crippen LogP contribution is -2.43. The van der Waals surface area contributed by atoms with Gasteiger partial charge in [-0.1, -0.05) is 0 Å². The molecule has 15 heteroatoms. The smallest absolute Gasteiger partial charge is 0.410 e. The second-order valence-corrected chi connectivity index (χ2v) is 13.9. The summed E-state index contributed by atoms with van der Waals surface area (Å²) >= 11 is 0. The van der Waals surface area contributed by atoms with E-state index in [0.717, 1.165) is 52.2 Å². The number of ether oxygens (including phenoxy) is 5. The second-order valence-electron chi connectivity index (χ2n) is 13.9. The van der Waals surface area contributed by atoms with Crippen LogP contribution in [0.1, 0.15) is 38.4 Å². The maximum atomic E-state index is 14.4. The topological polar surface area (TPSA) is 125 Å². The Hall–Kier alpha value is -4.44. The van der Waals surface area contributed by atoms with Gasteiger partial charge in [0, 0.05) is 61.7 Å². The lowest BCUT2D eigenvalue weighted by atomic mass is 9.91. The predicted molar refractivity (Wildman–Crippen MR) is 193 cm³/mol. The molecule has 0 bridgehead atoms. The van der Waals surface area contributed by atoms with Crippen LogP contribution < -0.4 is 4.90 Å². The largest absolute Gasteiger partial charge is 0.444 e. The Morgan fingerprint density at radius 2 is 1.51 bits per heavy atom. The minimum absolute atomic E-state index is 0.0213. The molecule has 3 amide bonds. The molecule has 5 rings (SSSR count). The zero-order chi connectivity index (χ0) is 38.1. The van der Waals surface area contributed by atoms with E-state index in [1.165, 1.54) is 18.2 Å². The van der Waals surface area contributed by atoms with Crippen molar-refractivity contribution in [2.24, 2.45) is 7.05 Å². The van der Waals surface area contributed by atoms with Crippen molar-refractivity contribution in [2.75, 3.05) is 77.9 Å². The molecule has 2 aromatic heterocycles. The van der Waals surface area contributed by atoms with Gasteiger partial charge in [-0.2, -0.15) is 0 Å². The molecule has 0 saturated carbocycles. The van der Waals surface area contributed by atoms with E-state index in [9.17, 15) is 23.2 Å². The molecule has 0 radical (unpaired) electrons. The molecular weight excluding hydrogens is 692 g/mol. The van der Waals surface area contributed by atoms with Crippen molar-refractivity contribution in [3.05, 3.63) is 65.4 Å². The third-order valence-corrected chi connectivity index (χ3v) is 9.07. The third kappa shape index (κ3) is 10.4. The van der Waals surface area contributed by atoms with Crippen molar-refractivity contribution >= 4 is 40.4 Å². The number of carbonyl (C=O) groups excluding carboxylic acids is 3. The summed E-state index contributed by atoms with van der Waals surface area (Å²) in [6.45, 7) is 8.60. The number of amides is 3. The molecule has 53 heavy (non-hydrogen) atoms. The zero-order valence-corrected chi connectivity index (χ0v) is 31.1. The number of hydrogen-bond acceptors (Lipinski definition) is 10. The summed E-state index contributed by atoms with van der Waals surface area (Å²) in [4.78, 5) is 45.4. The number of hydrogen-bond donors (Lipinski definition) is 0. The van der Waals surface area contributed by atoms with Crippen LogP contribution in [0.15, 0.2) is 42.5 Å². The molecule has 1 aromatic carbocycles. The number of aromatic nitrogens is 2. The lowest BCUT2D eigenvalue weighted by Gasteiger charge is -2.33. The van der Waals surface area contributed by atoms with E-state index < -0.39 is 17.2 Å². The average molecular weight is 742 g/mol. The Kier molecular flexibility index (Phi) is 13.5. The number of anilines is 2. The van der Waals surface area contributed by atoms with Gasteiger partial charge in [0.15, 0.2) is 11.6 Å². The Morgan fingerprint density at radius 1 is 0.887 bits per heavy atom. The number of imide groups is 1. The van der Waals surface area contributed by atoms with E-state index in [1.807, 2.05) is 40.0 Å². The number of nitrogens with zero attached hydrogens (tertiary/aromatic N) is 5. The van der Waals surface area contributed by atoms with Gasteiger partial charge >= 0.3 is 6.09 Å². The number of likely N-dealkylation sites (N-methyl/N-ethyl adjacent to an activating group) is 1. The normalized spacial score (nSPS) is 15.8. The van der Waals surface area contributed by atoms with Crippen LogP contribution in [0, 0.1) is 11.6 Å². The number of carbonyl (C=O) groups is 3. The summed E-state index contributed by atoms with van der Waals surface area (Å²) in [5.41, 5.74) is 2.90. The van der Waals surface area contributed by atoms with Crippen molar-refractivity contribution in [1.29, 1.82) is 0 Å². The fraction of sp³-hybridized carbons (Fsp3) is 0.526. The van der Waals surface area contributed by atoms with E-state index in [-0.39, 0.29) is 43.7 Å². The van der Waals surface area contributed by atoms with Gasteiger partial charge < -0.3 is 38.1 Å². The molecule has 0 N–H and O–H groups in total. The molecule has 0 unspecified atom stereocenters. The van der Waals surface area contributed by atoms with Crippen LogP contribution in [0.2, 0.25) is 0 Å². The zero-order valence-electron chi connectivity index (χ0n) is 31.1. The van der Waals surface area contributed by atoms with E-state index in [0.29, 0.717) is 64.1 Å². The summed E-state index contributed by atoms with van der Waals surface area (Å²) in [5, 5.41) is 0.981. The summed E-state index contributed by atoms with van der Waals surface area (Å²) in [6.07, 6.45) is 4.35. The number of rotatable bonds is 18. The maximum absolute atomic E-state index is 14.4. The van der Waals surface area contributed by atoms with Gasteiger partial charge in [-0.05, 0) is 69.9 Å². The molecule has 1 aliphatic heterocycles. The monoisotopic (exact) mass is 741 g/mol. The molecule has 0 saturated heterocycles. The first-order chi connectivity index (χ1) is 25.3. The van der Waals surface area contributed by atoms with E-state index in [2.05, 4.69) is 4.57 Å². The SMILES string of the molecule is CN(C(=O)OC(C)(C)C)[C@@H]1CCc2c(c3ccc(N(CCOCCOCCOCCOCCN4C(=O)C=CC4=O)c4ccc(F)c(F)c4)nc3n2C)C1. The minimum atomic E-state index is -0.959. The van der Waals surface area contributed by atoms with Crippen molar-refractivity contribution < 1.29 is 46.8 Å².